The number of rotatable bonds is 5. The summed E-state index contributed by atoms with van der Waals surface area (Å²) in [6, 6.07) is 14.0. The molecule has 0 amide bonds. The third kappa shape index (κ3) is 3.27. The zero-order chi connectivity index (χ0) is 26.2. The molecular weight excluding hydrogens is 502 g/mol. The summed E-state index contributed by atoms with van der Waals surface area (Å²) in [5.41, 5.74) is -1.40. The first-order valence-corrected chi connectivity index (χ1v) is 12.4. The van der Waals surface area contributed by atoms with Crippen molar-refractivity contribution in [2.45, 2.75) is 53.8 Å². The Bertz CT molecular complexity index is 1540. The summed E-state index contributed by atoms with van der Waals surface area (Å²) in [6.45, 7) is -0.294. The van der Waals surface area contributed by atoms with E-state index in [0.29, 0.717) is 15.9 Å². The molecule has 11 heteroatoms. The van der Waals surface area contributed by atoms with Gasteiger partial charge in [0.15, 0.2) is 16.2 Å². The molecule has 2 aliphatic heterocycles. The molecule has 190 valence electrons. The molecule has 2 aromatic heterocycles. The Balaban J connectivity index is 1.73. The van der Waals surface area contributed by atoms with Gasteiger partial charge in [0.1, 0.15) is 11.4 Å². The van der Waals surface area contributed by atoms with Crippen LogP contribution < -0.4 is 0 Å². The van der Waals surface area contributed by atoms with Crippen molar-refractivity contribution in [2.24, 2.45) is 0 Å². The fourth-order valence-electron chi connectivity index (χ4n) is 5.54. The summed E-state index contributed by atoms with van der Waals surface area (Å²) in [7, 11) is 0. The van der Waals surface area contributed by atoms with E-state index in [1.165, 1.54) is 26.2 Å². The zero-order valence-electron chi connectivity index (χ0n) is 19.8. The molecule has 0 fully saturated rings. The van der Waals surface area contributed by atoms with Crippen molar-refractivity contribution in [3.8, 4) is 0 Å². The van der Waals surface area contributed by atoms with Gasteiger partial charge in [0.05, 0.1) is 17.1 Å². The monoisotopic (exact) mass is 524 g/mol. The van der Waals surface area contributed by atoms with Gasteiger partial charge >= 0.3 is 12.6 Å². The normalized spacial score (nSPS) is 24.6. The van der Waals surface area contributed by atoms with Gasteiger partial charge < -0.3 is 19.5 Å². The van der Waals surface area contributed by atoms with Crippen LogP contribution in [-0.4, -0.2) is 42.3 Å². The highest BCUT2D eigenvalue weighted by molar-refractivity contribution is 8.01. The molecule has 4 aromatic rings. The fourth-order valence-corrected chi connectivity index (χ4v) is 7.04. The van der Waals surface area contributed by atoms with Crippen molar-refractivity contribution in [3.05, 3.63) is 83.7 Å². The average Bonchev–Trinajstić information content (AvgIpc) is 3.34. The molecule has 0 saturated heterocycles. The molecule has 2 aliphatic rings. The Morgan fingerprint density at radius 1 is 1.16 bits per heavy atom. The first-order valence-electron chi connectivity index (χ1n) is 11.6. The van der Waals surface area contributed by atoms with Crippen LogP contribution in [0.15, 0.2) is 65.8 Å². The highest BCUT2D eigenvalue weighted by Gasteiger charge is 2.69. The number of halogens is 2. The van der Waals surface area contributed by atoms with Gasteiger partial charge in [0.25, 0.3) is 0 Å². The minimum Gasteiger partial charge on any atom is -0.480 e. The van der Waals surface area contributed by atoms with E-state index in [1.54, 1.807) is 24.3 Å². The van der Waals surface area contributed by atoms with Crippen molar-refractivity contribution in [1.82, 2.24) is 19.5 Å². The van der Waals surface area contributed by atoms with Gasteiger partial charge in [-0.25, -0.2) is 15.0 Å². The van der Waals surface area contributed by atoms with E-state index < -0.39 is 34.6 Å². The number of imidazole rings is 1. The van der Waals surface area contributed by atoms with Crippen LogP contribution in [0.3, 0.4) is 0 Å². The number of aliphatic carboxylic acids is 1. The van der Waals surface area contributed by atoms with Crippen LogP contribution in [0.4, 0.5) is 8.78 Å². The number of hydrogen-bond acceptors (Lipinski definition) is 7. The topological polar surface area (TPSA) is 110 Å². The average molecular weight is 525 g/mol. The number of ether oxygens (including phenoxy) is 1. The van der Waals surface area contributed by atoms with E-state index in [0.717, 1.165) is 17.3 Å². The number of fused-ring (bicyclic) bond motifs is 9. The molecule has 0 radical (unpaired) electrons. The minimum absolute atomic E-state index is 0.0506. The van der Waals surface area contributed by atoms with E-state index in [9.17, 15) is 23.8 Å². The highest BCUT2D eigenvalue weighted by atomic mass is 32.2. The summed E-state index contributed by atoms with van der Waals surface area (Å²) in [5, 5.41) is 21.3. The lowest BCUT2D eigenvalue weighted by atomic mass is 9.78. The van der Waals surface area contributed by atoms with Crippen LogP contribution >= 0.6 is 11.8 Å². The van der Waals surface area contributed by atoms with Gasteiger partial charge in [-0.2, -0.15) is 8.78 Å². The Morgan fingerprint density at radius 3 is 2.51 bits per heavy atom. The number of aromatic nitrogens is 4. The molecule has 37 heavy (non-hydrogen) atoms. The van der Waals surface area contributed by atoms with Crippen molar-refractivity contribution in [2.75, 3.05) is 0 Å². The Hall–Kier alpha value is -3.41. The second-order valence-electron chi connectivity index (χ2n) is 9.70. The molecule has 0 spiro atoms. The standard InChI is InChI=1S/C26H22F2N4O4S/c1-24(2,35)20-29-12-14(13-30-20)26(22(33)34)25(36-23(27)28)11-18(15-7-3-6-10-19(15)37-26)32-17-9-5-4-8-16(17)31-21(25)32/h3-10,12-13,18,23,35H,11H2,1-2H3,(H,33,34). The molecule has 2 bridgehead atoms. The third-order valence-electron chi connectivity index (χ3n) is 7.06. The molecule has 3 unspecified atom stereocenters. The van der Waals surface area contributed by atoms with Gasteiger partial charge in [-0.3, -0.25) is 4.79 Å². The van der Waals surface area contributed by atoms with Crippen molar-refractivity contribution < 1.29 is 28.5 Å². The number of alkyl halides is 2. The summed E-state index contributed by atoms with van der Waals surface area (Å²) < 4.78 is 33.7. The second kappa shape index (κ2) is 8.04. The first-order chi connectivity index (χ1) is 17.6. The van der Waals surface area contributed by atoms with Gasteiger partial charge in [0, 0.05) is 29.3 Å². The van der Waals surface area contributed by atoms with E-state index in [-0.39, 0.29) is 23.6 Å². The Morgan fingerprint density at radius 2 is 1.84 bits per heavy atom. The Labute approximate surface area is 214 Å². The number of thioether (sulfide) groups is 1. The lowest BCUT2D eigenvalue weighted by Gasteiger charge is -2.43. The van der Waals surface area contributed by atoms with E-state index >= 15 is 0 Å². The molecule has 6 rings (SSSR count). The lowest BCUT2D eigenvalue weighted by molar-refractivity contribution is -0.231. The number of nitrogens with zero attached hydrogens (tertiary/aromatic N) is 4. The van der Waals surface area contributed by atoms with Crippen molar-refractivity contribution in [1.29, 1.82) is 0 Å². The highest BCUT2D eigenvalue weighted by Crippen LogP contribution is 2.66. The van der Waals surface area contributed by atoms with Crippen molar-refractivity contribution >= 4 is 28.8 Å². The van der Waals surface area contributed by atoms with Crippen LogP contribution in [0.5, 0.6) is 0 Å². The first kappa shape index (κ1) is 24.0. The third-order valence-corrected chi connectivity index (χ3v) is 8.69. The largest absolute Gasteiger partial charge is 0.480 e. The summed E-state index contributed by atoms with van der Waals surface area (Å²) in [4.78, 5) is 27.2. The molecule has 4 heterocycles. The maximum absolute atomic E-state index is 14.3. The lowest BCUT2D eigenvalue weighted by Crippen LogP contribution is -2.54. The predicted molar refractivity (Wildman–Crippen MR) is 130 cm³/mol. The van der Waals surface area contributed by atoms with Crippen LogP contribution in [0.2, 0.25) is 0 Å². The Kier molecular flexibility index (Phi) is 5.21. The van der Waals surface area contributed by atoms with Crippen LogP contribution in [0.1, 0.15) is 49.1 Å². The second-order valence-corrected chi connectivity index (χ2v) is 11.0. The molecular formula is C26H22F2N4O4S. The van der Waals surface area contributed by atoms with Gasteiger partial charge in [-0.1, -0.05) is 42.1 Å². The van der Waals surface area contributed by atoms with Gasteiger partial charge in [-0.05, 0) is 37.6 Å². The SMILES string of the molecule is CC(C)(O)c1ncc(C2(C(=O)O)Sc3ccccc3C3CC2(OC(F)F)c2nc4ccccc4n23)cn1. The van der Waals surface area contributed by atoms with Crippen LogP contribution in [0, 0.1) is 0 Å². The molecule has 2 aromatic carbocycles. The van der Waals surface area contributed by atoms with Gasteiger partial charge in [-0.15, -0.1) is 0 Å². The predicted octanol–water partition coefficient (Wildman–Crippen LogP) is 4.57. The number of para-hydroxylation sites is 2. The zero-order valence-corrected chi connectivity index (χ0v) is 20.6. The van der Waals surface area contributed by atoms with Crippen molar-refractivity contribution in [3.63, 3.8) is 0 Å². The maximum Gasteiger partial charge on any atom is 0.346 e. The number of carbonyl (C=O) groups is 1. The number of hydrogen-bond donors (Lipinski definition) is 2. The summed E-state index contributed by atoms with van der Waals surface area (Å²) in [5.74, 6) is -1.22. The number of benzene rings is 2. The fraction of sp³-hybridized carbons (Fsp3) is 0.308. The number of aliphatic hydroxyl groups is 1. The smallest absolute Gasteiger partial charge is 0.346 e. The summed E-state index contributed by atoms with van der Waals surface area (Å²) >= 11 is 0.924. The molecule has 0 saturated carbocycles. The van der Waals surface area contributed by atoms with E-state index in [4.69, 9.17) is 4.74 Å². The maximum atomic E-state index is 14.3. The van der Waals surface area contributed by atoms with Gasteiger partial charge in [0.2, 0.25) is 0 Å². The number of carboxylic acid groups (broad SMARTS) is 1. The summed E-state index contributed by atoms with van der Waals surface area (Å²) in [6.07, 6.45) is 2.45. The minimum atomic E-state index is -3.29. The van der Waals surface area contributed by atoms with Crippen LogP contribution in [0.25, 0.3) is 11.0 Å². The number of carboxylic acids is 1. The quantitative estimate of drug-likeness (QED) is 0.391. The molecule has 2 N–H and O–H groups in total. The molecule has 0 aliphatic carbocycles. The van der Waals surface area contributed by atoms with E-state index in [2.05, 4.69) is 15.0 Å². The molecule has 3 atom stereocenters. The van der Waals surface area contributed by atoms with E-state index in [1.807, 2.05) is 28.8 Å². The molecule has 8 nitrogen and oxygen atoms in total. The van der Waals surface area contributed by atoms with Crippen LogP contribution in [-0.2, 0) is 25.5 Å².